The summed E-state index contributed by atoms with van der Waals surface area (Å²) < 4.78 is 18.5. The number of hydrogen-bond acceptors (Lipinski definition) is 5. The Hall–Kier alpha value is -4.53. The fourth-order valence-electron chi connectivity index (χ4n) is 2.85. The Morgan fingerprint density at radius 1 is 0.806 bits per heavy atom. The number of carbonyl (C=O) groups excluding carboxylic acids is 2. The van der Waals surface area contributed by atoms with Crippen LogP contribution < -0.4 is 21.1 Å². The molecule has 0 radical (unpaired) electrons. The van der Waals surface area contributed by atoms with E-state index in [2.05, 4.69) is 21.0 Å². The third-order valence-corrected chi connectivity index (χ3v) is 4.37. The van der Waals surface area contributed by atoms with Crippen LogP contribution in [-0.4, -0.2) is 22.0 Å². The van der Waals surface area contributed by atoms with E-state index >= 15 is 0 Å². The summed E-state index contributed by atoms with van der Waals surface area (Å²) in [6.45, 7) is 0. The quantitative estimate of drug-likeness (QED) is 0.441. The maximum absolute atomic E-state index is 13.0. The standard InChI is InChI=1S/C22H15FN4O4/c23-14-7-11-16(12-8-14)31-15-9-5-13(6-10-15)20(28)25-27-22(30)19-17-3-1-2-4-18(17)21(29)26-24-19/h1-12H,(H,25,28)(H,26,29)(H,27,30). The number of benzene rings is 3. The zero-order chi connectivity index (χ0) is 21.8. The molecular formula is C22H15FN4O4. The summed E-state index contributed by atoms with van der Waals surface area (Å²) in [6.07, 6.45) is 0. The normalized spacial score (nSPS) is 10.5. The van der Waals surface area contributed by atoms with Gasteiger partial charge in [-0.15, -0.1) is 0 Å². The van der Waals surface area contributed by atoms with Crippen molar-refractivity contribution in [3.05, 3.63) is 100 Å². The van der Waals surface area contributed by atoms with E-state index in [-0.39, 0.29) is 17.1 Å². The predicted octanol–water partition coefficient (Wildman–Crippen LogP) is 2.93. The number of fused-ring (bicyclic) bond motifs is 1. The first kappa shape index (κ1) is 19.8. The van der Waals surface area contributed by atoms with Crippen LogP contribution in [0.15, 0.2) is 77.6 Å². The van der Waals surface area contributed by atoms with Crippen molar-refractivity contribution in [2.75, 3.05) is 0 Å². The van der Waals surface area contributed by atoms with Crippen LogP contribution in [0, 0.1) is 5.82 Å². The Morgan fingerprint density at radius 3 is 2.06 bits per heavy atom. The highest BCUT2D eigenvalue weighted by atomic mass is 19.1. The molecule has 3 N–H and O–H groups in total. The van der Waals surface area contributed by atoms with Crippen molar-refractivity contribution in [1.82, 2.24) is 21.0 Å². The minimum atomic E-state index is -0.683. The molecular weight excluding hydrogens is 403 g/mol. The molecule has 4 rings (SSSR count). The molecule has 0 aliphatic carbocycles. The van der Waals surface area contributed by atoms with E-state index in [1.807, 2.05) is 0 Å². The van der Waals surface area contributed by atoms with E-state index in [1.54, 1.807) is 36.4 Å². The SMILES string of the molecule is O=C(NNC(=O)c1n[nH]c(=O)c2ccccc12)c1ccc(Oc2ccc(F)cc2)cc1. The molecule has 8 nitrogen and oxygen atoms in total. The number of hydrazine groups is 1. The number of aromatic nitrogens is 2. The average molecular weight is 418 g/mol. The van der Waals surface area contributed by atoms with Gasteiger partial charge in [-0.1, -0.05) is 18.2 Å². The average Bonchev–Trinajstić information content (AvgIpc) is 2.80. The van der Waals surface area contributed by atoms with Crippen LogP contribution in [-0.2, 0) is 0 Å². The molecule has 31 heavy (non-hydrogen) atoms. The number of aromatic amines is 1. The van der Waals surface area contributed by atoms with Crippen LogP contribution in [0.5, 0.6) is 11.5 Å². The van der Waals surface area contributed by atoms with Gasteiger partial charge in [0.1, 0.15) is 17.3 Å². The predicted molar refractivity (Wildman–Crippen MR) is 110 cm³/mol. The summed E-state index contributed by atoms with van der Waals surface area (Å²) in [7, 11) is 0. The van der Waals surface area contributed by atoms with Gasteiger partial charge in [0.25, 0.3) is 17.4 Å². The molecule has 0 fully saturated rings. The summed E-state index contributed by atoms with van der Waals surface area (Å²) in [4.78, 5) is 36.6. The summed E-state index contributed by atoms with van der Waals surface area (Å²) >= 11 is 0. The van der Waals surface area contributed by atoms with Crippen molar-refractivity contribution in [3.63, 3.8) is 0 Å². The minimum Gasteiger partial charge on any atom is -0.457 e. The van der Waals surface area contributed by atoms with E-state index in [0.29, 0.717) is 22.3 Å². The zero-order valence-electron chi connectivity index (χ0n) is 15.9. The summed E-state index contributed by atoms with van der Waals surface area (Å²) in [6, 6.07) is 18.2. The molecule has 0 aliphatic rings. The van der Waals surface area contributed by atoms with Crippen LogP contribution in [0.2, 0.25) is 0 Å². The fourth-order valence-corrected chi connectivity index (χ4v) is 2.85. The summed E-state index contributed by atoms with van der Waals surface area (Å²) in [5.41, 5.74) is 4.40. The Kier molecular flexibility index (Phi) is 5.39. The third-order valence-electron chi connectivity index (χ3n) is 4.37. The van der Waals surface area contributed by atoms with Crippen LogP contribution >= 0.6 is 0 Å². The lowest BCUT2D eigenvalue weighted by molar-refractivity contribution is 0.0844. The third kappa shape index (κ3) is 4.40. The molecule has 0 saturated carbocycles. The van der Waals surface area contributed by atoms with E-state index in [1.165, 1.54) is 36.4 Å². The van der Waals surface area contributed by atoms with Gasteiger partial charge in [-0.2, -0.15) is 5.10 Å². The zero-order valence-corrected chi connectivity index (χ0v) is 15.9. The number of rotatable bonds is 4. The lowest BCUT2D eigenvalue weighted by Gasteiger charge is -2.09. The minimum absolute atomic E-state index is 0.0291. The van der Waals surface area contributed by atoms with Crippen molar-refractivity contribution in [2.24, 2.45) is 0 Å². The van der Waals surface area contributed by atoms with Crippen LogP contribution in [0.25, 0.3) is 10.8 Å². The van der Waals surface area contributed by atoms with Gasteiger partial charge in [-0.05, 0) is 54.6 Å². The molecule has 0 atom stereocenters. The topological polar surface area (TPSA) is 113 Å². The van der Waals surface area contributed by atoms with Crippen molar-refractivity contribution in [1.29, 1.82) is 0 Å². The molecule has 154 valence electrons. The molecule has 9 heteroatoms. The first-order valence-corrected chi connectivity index (χ1v) is 9.13. The van der Waals surface area contributed by atoms with Gasteiger partial charge >= 0.3 is 0 Å². The molecule has 3 aromatic carbocycles. The Bertz CT molecular complexity index is 1320. The highest BCUT2D eigenvalue weighted by Crippen LogP contribution is 2.21. The van der Waals surface area contributed by atoms with E-state index in [9.17, 15) is 18.8 Å². The van der Waals surface area contributed by atoms with Gasteiger partial charge in [0.05, 0.1) is 5.39 Å². The van der Waals surface area contributed by atoms with E-state index in [4.69, 9.17) is 4.74 Å². The Morgan fingerprint density at radius 2 is 1.39 bits per heavy atom. The second-order valence-electron chi connectivity index (χ2n) is 6.44. The lowest BCUT2D eigenvalue weighted by Crippen LogP contribution is -2.42. The molecule has 2 amide bonds. The Labute approximate surface area is 174 Å². The summed E-state index contributed by atoms with van der Waals surface area (Å²) in [5, 5.41) is 6.70. The first-order chi connectivity index (χ1) is 15.0. The molecule has 0 bridgehead atoms. The monoisotopic (exact) mass is 418 g/mol. The highest BCUT2D eigenvalue weighted by Gasteiger charge is 2.15. The number of nitrogens with one attached hydrogen (secondary N) is 3. The van der Waals surface area contributed by atoms with Gasteiger partial charge in [0.15, 0.2) is 5.69 Å². The maximum Gasteiger partial charge on any atom is 0.290 e. The number of halogens is 1. The van der Waals surface area contributed by atoms with Crippen molar-refractivity contribution in [2.45, 2.75) is 0 Å². The number of amides is 2. The molecule has 0 aliphatic heterocycles. The van der Waals surface area contributed by atoms with Gasteiger partial charge < -0.3 is 4.74 Å². The van der Waals surface area contributed by atoms with Crippen LogP contribution in [0.1, 0.15) is 20.8 Å². The number of nitrogens with zero attached hydrogens (tertiary/aromatic N) is 1. The number of ether oxygens (including phenoxy) is 1. The smallest absolute Gasteiger partial charge is 0.290 e. The summed E-state index contributed by atoms with van der Waals surface area (Å²) in [5.74, 6) is -0.707. The second-order valence-corrected chi connectivity index (χ2v) is 6.44. The number of hydrogen-bond donors (Lipinski definition) is 3. The van der Waals surface area contributed by atoms with Crippen molar-refractivity contribution < 1.29 is 18.7 Å². The van der Waals surface area contributed by atoms with Crippen LogP contribution in [0.4, 0.5) is 4.39 Å². The van der Waals surface area contributed by atoms with Gasteiger partial charge in [0.2, 0.25) is 0 Å². The maximum atomic E-state index is 13.0. The molecule has 1 aromatic heterocycles. The number of H-pyrrole nitrogens is 1. The Balaban J connectivity index is 1.41. The molecule has 0 saturated heterocycles. The molecule has 0 spiro atoms. The fraction of sp³-hybridized carbons (Fsp3) is 0. The van der Waals surface area contributed by atoms with Crippen molar-refractivity contribution >= 4 is 22.6 Å². The van der Waals surface area contributed by atoms with Gasteiger partial charge in [-0.25, -0.2) is 9.49 Å². The van der Waals surface area contributed by atoms with Gasteiger partial charge in [0, 0.05) is 10.9 Å². The molecule has 1 heterocycles. The second kappa shape index (κ2) is 8.46. The lowest BCUT2D eigenvalue weighted by atomic mass is 10.1. The molecule has 4 aromatic rings. The number of carbonyl (C=O) groups is 2. The van der Waals surface area contributed by atoms with E-state index in [0.717, 1.165) is 0 Å². The first-order valence-electron chi connectivity index (χ1n) is 9.13. The van der Waals surface area contributed by atoms with Crippen LogP contribution in [0.3, 0.4) is 0 Å². The highest BCUT2D eigenvalue weighted by molar-refractivity contribution is 6.05. The largest absolute Gasteiger partial charge is 0.457 e. The molecule has 0 unspecified atom stereocenters. The van der Waals surface area contributed by atoms with E-state index < -0.39 is 17.4 Å². The van der Waals surface area contributed by atoms with Crippen molar-refractivity contribution in [3.8, 4) is 11.5 Å². The van der Waals surface area contributed by atoms with Gasteiger partial charge in [-0.3, -0.25) is 25.2 Å².